The number of nitrogens with zero attached hydrogens (tertiary/aromatic N) is 4. The molecule has 0 N–H and O–H groups in total. The van der Waals surface area contributed by atoms with E-state index >= 15 is 0 Å². The zero-order chi connectivity index (χ0) is 22.1. The highest BCUT2D eigenvalue weighted by Crippen LogP contribution is 2.31. The number of hydrogen-bond donors (Lipinski definition) is 0. The van der Waals surface area contributed by atoms with Crippen LogP contribution in [-0.4, -0.2) is 19.8 Å². The molecule has 0 spiro atoms. The molecular weight excluding hydrogens is 451 g/mol. The Kier molecular flexibility index (Phi) is 5.38. The predicted octanol–water partition coefficient (Wildman–Crippen LogP) is 5.39. The van der Waals surface area contributed by atoms with Crippen LogP contribution in [0.15, 0.2) is 77.6 Å². The molecule has 2 aromatic heterocycles. The summed E-state index contributed by atoms with van der Waals surface area (Å²) in [7, 11) is 0. The van der Waals surface area contributed by atoms with Gasteiger partial charge in [-0.1, -0.05) is 53.3 Å². The van der Waals surface area contributed by atoms with Crippen molar-refractivity contribution in [3.63, 3.8) is 0 Å². The number of ether oxygens (including phenoxy) is 1. The van der Waals surface area contributed by atoms with Gasteiger partial charge in [-0.15, -0.1) is 10.2 Å². The molecule has 2 heterocycles. The van der Waals surface area contributed by atoms with Crippen LogP contribution in [0.2, 0.25) is 5.02 Å². The summed E-state index contributed by atoms with van der Waals surface area (Å²) in [5, 5.41) is 13.7. The van der Waals surface area contributed by atoms with Gasteiger partial charge in [0.2, 0.25) is 4.96 Å². The molecule has 5 aromatic rings. The fourth-order valence-corrected chi connectivity index (χ4v) is 4.06. The lowest BCUT2D eigenvalue weighted by Gasteiger charge is -2.07. The largest absolute Gasteiger partial charge is 0.454 e. The van der Waals surface area contributed by atoms with Crippen molar-refractivity contribution < 1.29 is 9.13 Å². The molecular formula is C23H14ClFN4O2S. The first kappa shape index (κ1) is 20.3. The van der Waals surface area contributed by atoms with E-state index in [1.807, 2.05) is 18.2 Å². The minimum Gasteiger partial charge on any atom is -0.454 e. The Hall–Kier alpha value is -3.62. The van der Waals surface area contributed by atoms with Crippen LogP contribution in [0.25, 0.3) is 15.5 Å². The SMILES string of the molecule is O=c1c(Cc2ccc(Cl)cc2)nnc2sc(-c3ccc(F)c(Oc4ccccc4)c3)nn12. The second-order valence-electron chi connectivity index (χ2n) is 6.92. The monoisotopic (exact) mass is 464 g/mol. The van der Waals surface area contributed by atoms with E-state index in [1.54, 1.807) is 48.5 Å². The van der Waals surface area contributed by atoms with Gasteiger partial charge in [-0.05, 0) is 48.0 Å². The molecule has 0 aliphatic heterocycles. The van der Waals surface area contributed by atoms with Crippen molar-refractivity contribution in [3.8, 4) is 22.1 Å². The van der Waals surface area contributed by atoms with Gasteiger partial charge in [0.05, 0.1) is 0 Å². The van der Waals surface area contributed by atoms with Crippen LogP contribution in [0.3, 0.4) is 0 Å². The van der Waals surface area contributed by atoms with Crippen LogP contribution >= 0.6 is 22.9 Å². The summed E-state index contributed by atoms with van der Waals surface area (Å²) in [5.41, 5.74) is 1.41. The van der Waals surface area contributed by atoms with Crippen LogP contribution in [0, 0.1) is 5.82 Å². The first-order valence-corrected chi connectivity index (χ1v) is 10.8. The van der Waals surface area contributed by atoms with Gasteiger partial charge >= 0.3 is 0 Å². The van der Waals surface area contributed by atoms with E-state index in [-0.39, 0.29) is 17.0 Å². The zero-order valence-electron chi connectivity index (χ0n) is 16.4. The van der Waals surface area contributed by atoms with Gasteiger partial charge < -0.3 is 4.74 Å². The number of hydrogen-bond acceptors (Lipinski definition) is 6. The average Bonchev–Trinajstić information content (AvgIpc) is 3.25. The molecule has 0 aliphatic carbocycles. The Bertz CT molecular complexity index is 1470. The molecule has 3 aromatic carbocycles. The molecule has 0 saturated carbocycles. The van der Waals surface area contributed by atoms with Gasteiger partial charge in [-0.2, -0.15) is 9.61 Å². The maximum atomic E-state index is 14.3. The standard InChI is InChI=1S/C23H14ClFN4O2S/c24-16-9-6-14(7-10-16)12-19-22(30)29-23(27-26-19)32-21(28-29)15-8-11-18(25)20(13-15)31-17-4-2-1-3-5-17/h1-11,13H,12H2. The van der Waals surface area contributed by atoms with Crippen LogP contribution < -0.4 is 10.3 Å². The lowest BCUT2D eigenvalue weighted by atomic mass is 10.1. The van der Waals surface area contributed by atoms with Crippen LogP contribution in [0.4, 0.5) is 4.39 Å². The highest BCUT2D eigenvalue weighted by Gasteiger charge is 2.15. The average molecular weight is 465 g/mol. The Morgan fingerprint density at radius 1 is 1.00 bits per heavy atom. The number of aromatic nitrogens is 4. The molecule has 0 saturated heterocycles. The quantitative estimate of drug-likeness (QED) is 0.349. The molecule has 0 radical (unpaired) electrons. The fourth-order valence-electron chi connectivity index (χ4n) is 3.10. The van der Waals surface area contributed by atoms with Gasteiger partial charge in [-0.25, -0.2) is 4.39 Å². The third kappa shape index (κ3) is 4.10. The number of benzene rings is 3. The minimum absolute atomic E-state index is 0.0646. The maximum absolute atomic E-state index is 14.3. The van der Waals surface area contributed by atoms with E-state index in [0.29, 0.717) is 32.7 Å². The van der Waals surface area contributed by atoms with E-state index < -0.39 is 5.82 Å². The fraction of sp³-hybridized carbons (Fsp3) is 0.0435. The second-order valence-corrected chi connectivity index (χ2v) is 8.31. The van der Waals surface area contributed by atoms with E-state index in [9.17, 15) is 9.18 Å². The van der Waals surface area contributed by atoms with Crippen molar-refractivity contribution in [1.82, 2.24) is 19.8 Å². The number of para-hydroxylation sites is 1. The Balaban J connectivity index is 1.48. The van der Waals surface area contributed by atoms with Crippen molar-refractivity contribution in [3.05, 3.63) is 105 Å². The van der Waals surface area contributed by atoms with Crippen molar-refractivity contribution in [1.29, 1.82) is 0 Å². The molecule has 32 heavy (non-hydrogen) atoms. The molecule has 158 valence electrons. The first-order valence-electron chi connectivity index (χ1n) is 9.59. The second kappa shape index (κ2) is 8.49. The molecule has 0 fully saturated rings. The molecule has 0 unspecified atom stereocenters. The summed E-state index contributed by atoms with van der Waals surface area (Å²) in [6.07, 6.45) is 0.310. The summed E-state index contributed by atoms with van der Waals surface area (Å²) in [4.78, 5) is 13.2. The molecule has 0 amide bonds. The summed E-state index contributed by atoms with van der Waals surface area (Å²) < 4.78 is 21.2. The van der Waals surface area contributed by atoms with Gasteiger partial charge in [0.1, 0.15) is 16.5 Å². The smallest absolute Gasteiger partial charge is 0.297 e. The van der Waals surface area contributed by atoms with Crippen molar-refractivity contribution in [2.24, 2.45) is 0 Å². The van der Waals surface area contributed by atoms with Crippen molar-refractivity contribution >= 4 is 27.9 Å². The van der Waals surface area contributed by atoms with Crippen molar-refractivity contribution in [2.45, 2.75) is 6.42 Å². The Labute approximate surface area is 190 Å². The number of rotatable bonds is 5. The Morgan fingerprint density at radius 3 is 2.56 bits per heavy atom. The summed E-state index contributed by atoms with van der Waals surface area (Å²) in [5.74, 6) is 0.0810. The summed E-state index contributed by atoms with van der Waals surface area (Å²) >= 11 is 7.10. The van der Waals surface area contributed by atoms with E-state index in [0.717, 1.165) is 5.56 Å². The highest BCUT2D eigenvalue weighted by atomic mass is 35.5. The molecule has 0 bridgehead atoms. The molecule has 0 atom stereocenters. The lowest BCUT2D eigenvalue weighted by molar-refractivity contribution is 0.442. The van der Waals surface area contributed by atoms with Gasteiger partial charge in [0, 0.05) is 17.0 Å². The minimum atomic E-state index is -0.499. The third-order valence-electron chi connectivity index (χ3n) is 4.69. The number of fused-ring (bicyclic) bond motifs is 1. The molecule has 5 rings (SSSR count). The van der Waals surface area contributed by atoms with E-state index in [2.05, 4.69) is 15.3 Å². The van der Waals surface area contributed by atoms with E-state index in [1.165, 1.54) is 21.9 Å². The van der Waals surface area contributed by atoms with Gasteiger partial charge in [0.15, 0.2) is 11.6 Å². The third-order valence-corrected chi connectivity index (χ3v) is 5.89. The van der Waals surface area contributed by atoms with Crippen LogP contribution in [0.1, 0.15) is 11.3 Å². The topological polar surface area (TPSA) is 69.4 Å². The summed E-state index contributed by atoms with van der Waals surface area (Å²) in [6.45, 7) is 0. The number of halogens is 2. The molecule has 0 aliphatic rings. The molecule has 9 heteroatoms. The van der Waals surface area contributed by atoms with Gasteiger partial charge in [0.25, 0.3) is 5.56 Å². The van der Waals surface area contributed by atoms with Gasteiger partial charge in [-0.3, -0.25) is 4.79 Å². The predicted molar refractivity (Wildman–Crippen MR) is 121 cm³/mol. The summed E-state index contributed by atoms with van der Waals surface area (Å²) in [6, 6.07) is 20.5. The van der Waals surface area contributed by atoms with Crippen LogP contribution in [-0.2, 0) is 6.42 Å². The first-order chi connectivity index (χ1) is 15.6. The normalized spacial score (nSPS) is 11.1. The van der Waals surface area contributed by atoms with E-state index in [4.69, 9.17) is 16.3 Å². The Morgan fingerprint density at radius 2 is 1.78 bits per heavy atom. The lowest BCUT2D eigenvalue weighted by Crippen LogP contribution is -2.22. The van der Waals surface area contributed by atoms with Crippen LogP contribution in [0.5, 0.6) is 11.5 Å². The molecule has 6 nitrogen and oxygen atoms in total. The zero-order valence-corrected chi connectivity index (χ0v) is 18.0. The maximum Gasteiger partial charge on any atom is 0.297 e. The van der Waals surface area contributed by atoms with Crippen molar-refractivity contribution in [2.75, 3.05) is 0 Å². The highest BCUT2D eigenvalue weighted by molar-refractivity contribution is 7.19.